The van der Waals surface area contributed by atoms with Crippen molar-refractivity contribution in [2.24, 2.45) is 4.99 Å². The van der Waals surface area contributed by atoms with E-state index in [1.807, 2.05) is 0 Å². The minimum Gasteiger partial charge on any atom is -0.486 e. The van der Waals surface area contributed by atoms with E-state index in [1.165, 1.54) is 12.0 Å². The van der Waals surface area contributed by atoms with Crippen molar-refractivity contribution in [2.75, 3.05) is 7.11 Å². The first-order valence-electron chi connectivity index (χ1n) is 3.46. The minimum absolute atomic E-state index is 0.434. The van der Waals surface area contributed by atoms with Gasteiger partial charge in [0.15, 0.2) is 6.40 Å². The van der Waals surface area contributed by atoms with Crippen molar-refractivity contribution in [2.45, 2.75) is 24.7 Å². The van der Waals surface area contributed by atoms with E-state index in [0.717, 1.165) is 5.70 Å². The van der Waals surface area contributed by atoms with Gasteiger partial charge in [-0.2, -0.15) is 0 Å². The third-order valence-corrected chi connectivity index (χ3v) is 1.78. The van der Waals surface area contributed by atoms with Crippen LogP contribution in [0.3, 0.4) is 0 Å². The molecule has 0 N–H and O–H groups in total. The fourth-order valence-electron chi connectivity index (χ4n) is 0.739. The lowest BCUT2D eigenvalue weighted by atomic mass is 10.2. The molecule has 0 saturated carbocycles. The molecule has 0 heterocycles. The highest BCUT2D eigenvalue weighted by atomic mass is 127. The van der Waals surface area contributed by atoms with Crippen LogP contribution in [0.2, 0.25) is 0 Å². The number of halogens is 1. The molecule has 0 aromatic rings. The first-order valence-corrected chi connectivity index (χ1v) is 4.71. The van der Waals surface area contributed by atoms with Crippen LogP contribution in [0, 0.1) is 0 Å². The first kappa shape index (κ1) is 10.9. The number of allylic oxidation sites excluding steroid dienone is 2. The Morgan fingerprint density at radius 2 is 2.09 bits per heavy atom. The SMILES string of the molecule is COC=NC(=C(C)C)C(C)I. The van der Waals surface area contributed by atoms with E-state index in [1.54, 1.807) is 7.11 Å². The summed E-state index contributed by atoms with van der Waals surface area (Å²) in [4.78, 5) is 4.17. The second kappa shape index (κ2) is 5.57. The molecule has 0 radical (unpaired) electrons. The molecule has 11 heavy (non-hydrogen) atoms. The molecule has 0 aromatic carbocycles. The molecular weight excluding hydrogens is 253 g/mol. The van der Waals surface area contributed by atoms with Crippen LogP contribution in [-0.2, 0) is 4.74 Å². The van der Waals surface area contributed by atoms with Gasteiger partial charge in [0.1, 0.15) is 0 Å². The summed E-state index contributed by atoms with van der Waals surface area (Å²) >= 11 is 2.33. The molecule has 1 atom stereocenters. The minimum atomic E-state index is 0.434. The second-order valence-electron chi connectivity index (χ2n) is 2.47. The van der Waals surface area contributed by atoms with Gasteiger partial charge in [-0.3, -0.25) is 0 Å². The maximum absolute atomic E-state index is 4.74. The zero-order chi connectivity index (χ0) is 8.85. The Morgan fingerprint density at radius 1 is 1.55 bits per heavy atom. The molecule has 0 spiro atoms. The zero-order valence-corrected chi connectivity index (χ0v) is 9.55. The van der Waals surface area contributed by atoms with Crippen LogP contribution in [0.4, 0.5) is 0 Å². The molecule has 0 amide bonds. The van der Waals surface area contributed by atoms with Gasteiger partial charge in [-0.15, -0.1) is 0 Å². The molecule has 3 heteroatoms. The molecule has 64 valence electrons. The molecule has 0 aliphatic heterocycles. The van der Waals surface area contributed by atoms with Crippen LogP contribution >= 0.6 is 22.6 Å². The fourth-order valence-corrected chi connectivity index (χ4v) is 1.52. The number of aliphatic imine (C=N–C) groups is 1. The van der Waals surface area contributed by atoms with Crippen molar-refractivity contribution < 1.29 is 4.74 Å². The van der Waals surface area contributed by atoms with Gasteiger partial charge in [-0.05, 0) is 20.8 Å². The highest BCUT2D eigenvalue weighted by Gasteiger charge is 2.03. The highest BCUT2D eigenvalue weighted by Crippen LogP contribution is 2.16. The lowest BCUT2D eigenvalue weighted by Crippen LogP contribution is -1.96. The summed E-state index contributed by atoms with van der Waals surface area (Å²) in [6.07, 6.45) is 1.47. The van der Waals surface area contributed by atoms with Gasteiger partial charge in [0, 0.05) is 0 Å². The van der Waals surface area contributed by atoms with E-state index in [0.29, 0.717) is 3.92 Å². The van der Waals surface area contributed by atoms with Gasteiger partial charge in [0.2, 0.25) is 0 Å². The summed E-state index contributed by atoms with van der Waals surface area (Å²) < 4.78 is 5.18. The average Bonchev–Trinajstić information content (AvgIpc) is 1.87. The maximum Gasteiger partial charge on any atom is 0.173 e. The van der Waals surface area contributed by atoms with E-state index in [-0.39, 0.29) is 0 Å². The third kappa shape index (κ3) is 4.40. The normalized spacial score (nSPS) is 13.2. The monoisotopic (exact) mass is 267 g/mol. The molecule has 0 aliphatic rings. The topological polar surface area (TPSA) is 21.6 Å². The average molecular weight is 267 g/mol. The Morgan fingerprint density at radius 3 is 2.36 bits per heavy atom. The Bertz CT molecular complexity index is 169. The Labute approximate surface area is 81.9 Å². The molecule has 0 fully saturated rings. The van der Waals surface area contributed by atoms with Crippen molar-refractivity contribution in [1.29, 1.82) is 0 Å². The van der Waals surface area contributed by atoms with Gasteiger partial charge in [0.25, 0.3) is 0 Å². The van der Waals surface area contributed by atoms with Crippen LogP contribution in [0.5, 0.6) is 0 Å². The lowest BCUT2D eigenvalue weighted by Gasteiger charge is -2.05. The number of hydrogen-bond donors (Lipinski definition) is 0. The van der Waals surface area contributed by atoms with Crippen molar-refractivity contribution in [3.8, 4) is 0 Å². The first-order chi connectivity index (χ1) is 5.09. The highest BCUT2D eigenvalue weighted by molar-refractivity contribution is 14.1. The number of alkyl halides is 1. The molecule has 0 aliphatic carbocycles. The van der Waals surface area contributed by atoms with Crippen LogP contribution in [0.25, 0.3) is 0 Å². The summed E-state index contributed by atoms with van der Waals surface area (Å²) in [5.41, 5.74) is 2.33. The summed E-state index contributed by atoms with van der Waals surface area (Å²) in [5.74, 6) is 0. The van der Waals surface area contributed by atoms with Crippen LogP contribution in [-0.4, -0.2) is 17.4 Å². The molecule has 0 aromatic heterocycles. The number of rotatable bonds is 3. The predicted octanol–water partition coefficient (Wildman–Crippen LogP) is 2.78. The van der Waals surface area contributed by atoms with Gasteiger partial charge in [0.05, 0.1) is 16.7 Å². The van der Waals surface area contributed by atoms with E-state index in [4.69, 9.17) is 4.74 Å². The van der Waals surface area contributed by atoms with Crippen molar-refractivity contribution in [3.63, 3.8) is 0 Å². The molecule has 0 rings (SSSR count). The van der Waals surface area contributed by atoms with E-state index in [9.17, 15) is 0 Å². The smallest absolute Gasteiger partial charge is 0.173 e. The summed E-state index contributed by atoms with van der Waals surface area (Å²) in [5, 5.41) is 0. The van der Waals surface area contributed by atoms with Crippen molar-refractivity contribution in [3.05, 3.63) is 11.3 Å². The fraction of sp³-hybridized carbons (Fsp3) is 0.625. The molecule has 0 saturated heterocycles. The number of methoxy groups -OCH3 is 1. The van der Waals surface area contributed by atoms with Crippen LogP contribution in [0.15, 0.2) is 16.3 Å². The van der Waals surface area contributed by atoms with Gasteiger partial charge < -0.3 is 4.74 Å². The summed E-state index contributed by atoms with van der Waals surface area (Å²) in [7, 11) is 1.60. The molecular formula is C8H14INO. The van der Waals surface area contributed by atoms with Crippen LogP contribution in [0.1, 0.15) is 20.8 Å². The van der Waals surface area contributed by atoms with E-state index < -0.39 is 0 Å². The summed E-state index contributed by atoms with van der Waals surface area (Å²) in [6.45, 7) is 6.21. The van der Waals surface area contributed by atoms with Gasteiger partial charge in [-0.1, -0.05) is 28.2 Å². The molecule has 0 bridgehead atoms. The zero-order valence-electron chi connectivity index (χ0n) is 7.39. The van der Waals surface area contributed by atoms with Gasteiger partial charge in [-0.25, -0.2) is 4.99 Å². The number of nitrogens with zero attached hydrogens (tertiary/aromatic N) is 1. The van der Waals surface area contributed by atoms with Crippen LogP contribution < -0.4 is 0 Å². The standard InChI is InChI=1S/C8H14INO/c1-6(2)8(7(3)9)10-5-11-4/h5,7H,1-4H3. The largest absolute Gasteiger partial charge is 0.486 e. The Kier molecular flexibility index (Phi) is 5.54. The van der Waals surface area contributed by atoms with Gasteiger partial charge >= 0.3 is 0 Å². The van der Waals surface area contributed by atoms with E-state index in [2.05, 4.69) is 48.4 Å². The molecule has 1 unspecified atom stereocenters. The predicted molar refractivity (Wildman–Crippen MR) is 57.4 cm³/mol. The number of hydrogen-bond acceptors (Lipinski definition) is 2. The number of ether oxygens (including phenoxy) is 1. The second-order valence-corrected chi connectivity index (χ2v) is 4.34. The van der Waals surface area contributed by atoms with Crippen molar-refractivity contribution >= 4 is 29.0 Å². The quantitative estimate of drug-likeness (QED) is 0.333. The van der Waals surface area contributed by atoms with Crippen molar-refractivity contribution in [1.82, 2.24) is 0 Å². The Balaban J connectivity index is 4.38. The summed E-state index contributed by atoms with van der Waals surface area (Å²) in [6, 6.07) is 0. The molecule has 2 nitrogen and oxygen atoms in total. The maximum atomic E-state index is 4.74. The van der Waals surface area contributed by atoms with E-state index >= 15 is 0 Å². The lowest BCUT2D eigenvalue weighted by molar-refractivity contribution is 0.422. The third-order valence-electron chi connectivity index (χ3n) is 1.19. The Hall–Kier alpha value is -0.0600.